The second kappa shape index (κ2) is 9.46. The molecule has 2 aromatic rings. The molecule has 7 nitrogen and oxygen atoms in total. The Morgan fingerprint density at radius 1 is 0.964 bits per heavy atom. The van der Waals surface area contributed by atoms with Gasteiger partial charge in [-0.3, -0.25) is 0 Å². The van der Waals surface area contributed by atoms with E-state index in [-0.39, 0.29) is 23.7 Å². The lowest BCUT2D eigenvalue weighted by Crippen LogP contribution is -2.32. The van der Waals surface area contributed by atoms with Crippen molar-refractivity contribution in [2.75, 3.05) is 26.5 Å². The number of sulfonamides is 1. The van der Waals surface area contributed by atoms with Crippen LogP contribution in [0.15, 0.2) is 53.4 Å². The monoisotopic (exact) mass is 431 g/mol. The highest BCUT2D eigenvalue weighted by atomic mass is 32.2. The molecule has 2 rings (SSSR count). The lowest BCUT2D eigenvalue weighted by molar-refractivity contribution is 0.186. The molecule has 28 heavy (non-hydrogen) atoms. The van der Waals surface area contributed by atoms with Crippen LogP contribution in [0.3, 0.4) is 0 Å². The fourth-order valence-corrected chi connectivity index (χ4v) is 4.38. The maximum absolute atomic E-state index is 13.1. The summed E-state index contributed by atoms with van der Waals surface area (Å²) in [5, 5.41) is 0. The third-order valence-electron chi connectivity index (χ3n) is 3.74. The second-order valence-corrected chi connectivity index (χ2v) is 9.58. The van der Waals surface area contributed by atoms with Crippen LogP contribution in [-0.4, -0.2) is 47.7 Å². The van der Waals surface area contributed by atoms with Crippen LogP contribution in [0.25, 0.3) is 0 Å². The zero-order chi connectivity index (χ0) is 20.8. The Labute approximate surface area is 164 Å². The highest BCUT2D eigenvalue weighted by Gasteiger charge is 2.24. The molecule has 10 heteroatoms. The molecule has 0 radical (unpaired) electrons. The highest BCUT2D eigenvalue weighted by molar-refractivity contribution is 7.89. The van der Waals surface area contributed by atoms with Crippen LogP contribution >= 0.6 is 0 Å². The summed E-state index contributed by atoms with van der Waals surface area (Å²) >= 11 is 0. The van der Waals surface area contributed by atoms with Gasteiger partial charge in [0.2, 0.25) is 10.0 Å². The van der Waals surface area contributed by atoms with Gasteiger partial charge < -0.3 is 8.92 Å². The van der Waals surface area contributed by atoms with Gasteiger partial charge in [-0.1, -0.05) is 12.1 Å². The molecule has 0 aliphatic heterocycles. The Morgan fingerprint density at radius 3 is 2.11 bits per heavy atom. The molecule has 0 amide bonds. The fourth-order valence-electron chi connectivity index (χ4n) is 2.45. The van der Waals surface area contributed by atoms with Gasteiger partial charge >= 0.3 is 10.1 Å². The summed E-state index contributed by atoms with van der Waals surface area (Å²) in [5.41, 5.74) is 0.643. The van der Waals surface area contributed by atoms with Gasteiger partial charge in [0.05, 0.1) is 11.2 Å². The quantitative estimate of drug-likeness (QED) is 0.424. The predicted octanol–water partition coefficient (Wildman–Crippen LogP) is 2.39. The highest BCUT2D eigenvalue weighted by Crippen LogP contribution is 2.21. The van der Waals surface area contributed by atoms with E-state index >= 15 is 0 Å². The van der Waals surface area contributed by atoms with Crippen molar-refractivity contribution in [1.29, 1.82) is 0 Å². The van der Waals surface area contributed by atoms with Gasteiger partial charge in [-0.15, -0.1) is 0 Å². The van der Waals surface area contributed by atoms with Crippen LogP contribution in [0.1, 0.15) is 12.0 Å². The molecule has 0 bridgehead atoms. The number of rotatable bonds is 10. The summed E-state index contributed by atoms with van der Waals surface area (Å²) in [7, 11) is -5.97. The maximum Gasteiger partial charge on any atom is 0.306 e. The zero-order valence-corrected chi connectivity index (χ0v) is 17.2. The minimum atomic E-state index is -3.85. The molecule has 0 fully saturated rings. The molecule has 0 saturated carbocycles. The lowest BCUT2D eigenvalue weighted by atomic mass is 10.2. The Balaban J connectivity index is 2.24. The second-order valence-electron chi connectivity index (χ2n) is 6.07. The maximum atomic E-state index is 13.1. The summed E-state index contributed by atoms with van der Waals surface area (Å²) in [6, 6.07) is 10.7. The molecule has 154 valence electrons. The van der Waals surface area contributed by atoms with E-state index in [0.717, 1.165) is 18.4 Å². The normalized spacial score (nSPS) is 12.3. The molecule has 0 saturated heterocycles. The van der Waals surface area contributed by atoms with Gasteiger partial charge in [0.1, 0.15) is 11.6 Å². The van der Waals surface area contributed by atoms with Gasteiger partial charge in [0, 0.05) is 26.8 Å². The van der Waals surface area contributed by atoms with Crippen molar-refractivity contribution >= 4 is 20.1 Å². The topological polar surface area (TPSA) is 90.0 Å². The standard InChI is InChI=1S/C18H22FNO6S2/c1-25-13-3-12-20(28(23,24)18-10-6-16(19)7-11-18)14-15-4-8-17(9-5-15)26-27(2,21)22/h4-11H,3,12-14H2,1-2H3. The van der Waals surface area contributed by atoms with Crippen molar-refractivity contribution in [2.24, 2.45) is 0 Å². The Hall–Kier alpha value is -2.01. The first kappa shape index (κ1) is 22.3. The molecular formula is C18H22FNO6S2. The number of benzene rings is 2. The van der Waals surface area contributed by atoms with E-state index in [4.69, 9.17) is 8.92 Å². The molecule has 0 aliphatic rings. The minimum absolute atomic E-state index is 0.0108. The smallest absolute Gasteiger partial charge is 0.306 e. The predicted molar refractivity (Wildman–Crippen MR) is 102 cm³/mol. The van der Waals surface area contributed by atoms with E-state index in [0.29, 0.717) is 18.6 Å². The Morgan fingerprint density at radius 2 is 1.57 bits per heavy atom. The van der Waals surface area contributed by atoms with Crippen LogP contribution in [0.2, 0.25) is 0 Å². The Kier molecular flexibility index (Phi) is 7.53. The fraction of sp³-hybridized carbons (Fsp3) is 0.333. The molecule has 0 aromatic heterocycles. The first-order valence-electron chi connectivity index (χ1n) is 8.35. The van der Waals surface area contributed by atoms with Gasteiger partial charge in [0.25, 0.3) is 0 Å². The number of hydrogen-bond donors (Lipinski definition) is 0. The average molecular weight is 432 g/mol. The average Bonchev–Trinajstić information content (AvgIpc) is 2.61. The molecule has 0 atom stereocenters. The first-order chi connectivity index (χ1) is 13.1. The number of hydrogen-bond acceptors (Lipinski definition) is 6. The number of ether oxygens (including phenoxy) is 1. The molecule has 0 aliphatic carbocycles. The van der Waals surface area contributed by atoms with Crippen LogP contribution in [0.4, 0.5) is 4.39 Å². The van der Waals surface area contributed by atoms with E-state index in [2.05, 4.69) is 0 Å². The van der Waals surface area contributed by atoms with Gasteiger partial charge in [-0.2, -0.15) is 12.7 Å². The third kappa shape index (κ3) is 6.55. The van der Waals surface area contributed by atoms with Gasteiger partial charge in [-0.05, 0) is 48.4 Å². The number of methoxy groups -OCH3 is 1. The van der Waals surface area contributed by atoms with Crippen molar-refractivity contribution in [3.63, 3.8) is 0 Å². The number of nitrogens with zero attached hydrogens (tertiary/aromatic N) is 1. The summed E-state index contributed by atoms with van der Waals surface area (Å²) < 4.78 is 72.4. The van der Waals surface area contributed by atoms with E-state index in [9.17, 15) is 21.2 Å². The van der Waals surface area contributed by atoms with Crippen molar-refractivity contribution in [3.8, 4) is 5.75 Å². The zero-order valence-electron chi connectivity index (χ0n) is 15.5. The van der Waals surface area contributed by atoms with Gasteiger partial charge in [0.15, 0.2) is 0 Å². The lowest BCUT2D eigenvalue weighted by Gasteiger charge is -2.22. The molecule has 0 unspecified atom stereocenters. The van der Waals surface area contributed by atoms with E-state index in [1.54, 1.807) is 12.1 Å². The minimum Gasteiger partial charge on any atom is -0.385 e. The SMILES string of the molecule is COCCCN(Cc1ccc(OS(C)(=O)=O)cc1)S(=O)(=O)c1ccc(F)cc1. The first-order valence-corrected chi connectivity index (χ1v) is 11.6. The van der Waals surface area contributed by atoms with Crippen molar-refractivity contribution in [3.05, 3.63) is 59.9 Å². The molecule has 0 spiro atoms. The van der Waals surface area contributed by atoms with Crippen LogP contribution in [-0.2, 0) is 31.4 Å². The van der Waals surface area contributed by atoms with E-state index in [1.807, 2.05) is 0 Å². The van der Waals surface area contributed by atoms with Crippen molar-refractivity contribution in [1.82, 2.24) is 4.31 Å². The van der Waals surface area contributed by atoms with Crippen molar-refractivity contribution in [2.45, 2.75) is 17.9 Å². The molecule has 0 heterocycles. The Bertz CT molecular complexity index is 974. The van der Waals surface area contributed by atoms with Crippen LogP contribution in [0, 0.1) is 5.82 Å². The molecular weight excluding hydrogens is 409 g/mol. The van der Waals surface area contributed by atoms with Crippen LogP contribution in [0.5, 0.6) is 5.75 Å². The number of halogens is 1. The van der Waals surface area contributed by atoms with Crippen molar-refractivity contribution < 1.29 is 30.1 Å². The van der Waals surface area contributed by atoms with E-state index in [1.165, 1.54) is 35.7 Å². The summed E-state index contributed by atoms with van der Waals surface area (Å²) in [5.74, 6) is -0.384. The summed E-state index contributed by atoms with van der Waals surface area (Å²) in [6.07, 6.45) is 1.42. The van der Waals surface area contributed by atoms with Crippen LogP contribution < -0.4 is 4.18 Å². The summed E-state index contributed by atoms with van der Waals surface area (Å²) in [6.45, 7) is 0.647. The molecule has 0 N–H and O–H groups in total. The summed E-state index contributed by atoms with van der Waals surface area (Å²) in [4.78, 5) is -0.0108. The third-order valence-corrected chi connectivity index (χ3v) is 6.09. The molecule has 2 aromatic carbocycles. The largest absolute Gasteiger partial charge is 0.385 e. The van der Waals surface area contributed by atoms with E-state index < -0.39 is 26.0 Å². The van der Waals surface area contributed by atoms with Gasteiger partial charge in [-0.25, -0.2) is 12.8 Å².